The fraction of sp³-hybridized carbons (Fsp3) is 0.769. The van der Waals surface area contributed by atoms with E-state index in [4.69, 9.17) is 4.74 Å². The molecule has 0 aromatic rings. The maximum Gasteiger partial charge on any atom is 0.216 e. The van der Waals surface area contributed by atoms with E-state index in [-0.39, 0.29) is 5.60 Å². The van der Waals surface area contributed by atoms with Gasteiger partial charge in [0.05, 0.1) is 11.6 Å². The molecular weight excluding hydrogens is 230 g/mol. The molecule has 0 spiro atoms. The number of likely N-dealkylation sites (tertiary alicyclic amines) is 1. The Kier molecular flexibility index (Phi) is 3.75. The number of hydrogen-bond acceptors (Lipinski definition) is 5. The molecule has 0 amide bonds. The minimum atomic E-state index is -0.803. The van der Waals surface area contributed by atoms with Crippen molar-refractivity contribution in [1.82, 2.24) is 9.91 Å². The van der Waals surface area contributed by atoms with Gasteiger partial charge in [-0.05, 0) is 26.8 Å². The molecule has 18 heavy (non-hydrogen) atoms. The van der Waals surface area contributed by atoms with Crippen molar-refractivity contribution in [2.45, 2.75) is 38.8 Å². The van der Waals surface area contributed by atoms with Gasteiger partial charge in [0.25, 0.3) is 0 Å². The van der Waals surface area contributed by atoms with Gasteiger partial charge >= 0.3 is 0 Å². The molecule has 1 fully saturated rings. The topological polar surface area (TPSA) is 48.3 Å². The van der Waals surface area contributed by atoms with Crippen molar-refractivity contribution in [3.63, 3.8) is 0 Å². The fourth-order valence-corrected chi connectivity index (χ4v) is 2.31. The molecule has 0 aromatic carbocycles. The molecule has 2 aliphatic heterocycles. The number of aliphatic hydroxyl groups excluding tert-OH is 1. The lowest BCUT2D eigenvalue weighted by Crippen LogP contribution is -2.59. The quantitative estimate of drug-likeness (QED) is 0.758. The molecule has 5 heteroatoms. The number of hydrogen-bond donors (Lipinski definition) is 1. The van der Waals surface area contributed by atoms with Gasteiger partial charge in [0.1, 0.15) is 0 Å². The summed E-state index contributed by atoms with van der Waals surface area (Å²) in [5.41, 5.74) is -0.323. The number of nitrogens with zero attached hydrogens (tertiary/aromatic N) is 3. The Morgan fingerprint density at radius 2 is 2.06 bits per heavy atom. The lowest BCUT2D eigenvalue weighted by atomic mass is 9.91. The minimum Gasteiger partial charge on any atom is -0.356 e. The van der Waals surface area contributed by atoms with Crippen LogP contribution >= 0.6 is 0 Å². The summed E-state index contributed by atoms with van der Waals surface area (Å²) in [4.78, 5) is 1.94. The lowest BCUT2D eigenvalue weighted by molar-refractivity contribution is -0.263. The number of rotatable bonds is 3. The number of likely N-dealkylation sites (N-methyl/N-ethyl adjacent to an activating group) is 1. The van der Waals surface area contributed by atoms with Crippen molar-refractivity contribution in [3.8, 4) is 0 Å². The average molecular weight is 253 g/mol. The molecule has 0 aliphatic carbocycles. The molecule has 1 saturated heterocycles. The van der Waals surface area contributed by atoms with Crippen LogP contribution in [0, 0.1) is 5.92 Å². The lowest BCUT2D eigenvalue weighted by Gasteiger charge is -2.47. The Bertz CT molecular complexity index is 343. The highest BCUT2D eigenvalue weighted by Crippen LogP contribution is 2.27. The first kappa shape index (κ1) is 13.5. The number of ether oxygens (including phenoxy) is 1. The zero-order chi connectivity index (χ0) is 13.3. The molecule has 2 heterocycles. The summed E-state index contributed by atoms with van der Waals surface area (Å²) in [5.74, 6) is 0.502. The molecule has 0 radical (unpaired) electrons. The van der Waals surface area contributed by atoms with Crippen LogP contribution in [0.15, 0.2) is 17.3 Å². The Morgan fingerprint density at radius 1 is 1.39 bits per heavy atom. The molecule has 102 valence electrons. The van der Waals surface area contributed by atoms with Crippen molar-refractivity contribution >= 4 is 6.21 Å². The van der Waals surface area contributed by atoms with E-state index in [2.05, 4.69) is 11.2 Å². The standard InChI is InChI=1S/C13H23N3O2/c1-13(2,3)18-12(17)16-8-10(9-16)11-6-5-7-14-15(11)4/h5-7,10-12,17H,8-9H2,1-4H3. The summed E-state index contributed by atoms with van der Waals surface area (Å²) in [7, 11) is 1.98. The van der Waals surface area contributed by atoms with Crippen molar-refractivity contribution in [2.24, 2.45) is 11.0 Å². The van der Waals surface area contributed by atoms with Crippen molar-refractivity contribution in [2.75, 3.05) is 20.1 Å². The van der Waals surface area contributed by atoms with Gasteiger partial charge in [0.15, 0.2) is 0 Å². The van der Waals surface area contributed by atoms with Crippen LogP contribution in [-0.4, -0.2) is 59.4 Å². The van der Waals surface area contributed by atoms with E-state index in [0.29, 0.717) is 12.0 Å². The molecule has 2 atom stereocenters. The molecule has 2 aliphatic rings. The highest BCUT2D eigenvalue weighted by Gasteiger charge is 2.39. The highest BCUT2D eigenvalue weighted by molar-refractivity contribution is 5.71. The van der Waals surface area contributed by atoms with Crippen LogP contribution in [0.3, 0.4) is 0 Å². The van der Waals surface area contributed by atoms with E-state index in [1.165, 1.54) is 0 Å². The normalized spacial score (nSPS) is 27.4. The third-order valence-electron chi connectivity index (χ3n) is 3.27. The van der Waals surface area contributed by atoms with Crippen LogP contribution in [0.4, 0.5) is 0 Å². The third kappa shape index (κ3) is 3.10. The SMILES string of the molecule is CN1N=CC=CC1C1CN(C(O)OC(C)(C)C)C1. The monoisotopic (exact) mass is 253 g/mol. The molecule has 0 aromatic heterocycles. The van der Waals surface area contributed by atoms with Crippen LogP contribution in [0.5, 0.6) is 0 Å². The van der Waals surface area contributed by atoms with Crippen molar-refractivity contribution in [3.05, 3.63) is 12.2 Å². The third-order valence-corrected chi connectivity index (χ3v) is 3.27. The summed E-state index contributed by atoms with van der Waals surface area (Å²) in [6, 6.07) is 0.327. The van der Waals surface area contributed by atoms with Gasteiger partial charge in [-0.15, -0.1) is 0 Å². The molecule has 2 unspecified atom stereocenters. The van der Waals surface area contributed by atoms with Gasteiger partial charge in [-0.25, -0.2) is 0 Å². The highest BCUT2D eigenvalue weighted by atomic mass is 16.6. The fourth-order valence-electron chi connectivity index (χ4n) is 2.31. The number of allylic oxidation sites excluding steroid dienone is 1. The molecule has 1 N–H and O–H groups in total. The number of hydrazone groups is 1. The molecule has 5 nitrogen and oxygen atoms in total. The maximum absolute atomic E-state index is 9.93. The second kappa shape index (κ2) is 4.99. The predicted molar refractivity (Wildman–Crippen MR) is 71.1 cm³/mol. The second-order valence-corrected chi connectivity index (χ2v) is 5.98. The van der Waals surface area contributed by atoms with Gasteiger partial charge < -0.3 is 9.84 Å². The molecule has 2 rings (SSSR count). The summed E-state index contributed by atoms with van der Waals surface area (Å²) in [6.07, 6.45) is 5.13. The maximum atomic E-state index is 9.93. The first-order valence-electron chi connectivity index (χ1n) is 6.40. The van der Waals surface area contributed by atoms with Gasteiger partial charge in [-0.3, -0.25) is 9.91 Å². The Balaban J connectivity index is 1.80. The first-order valence-corrected chi connectivity index (χ1v) is 6.40. The number of aliphatic hydroxyl groups is 1. The smallest absolute Gasteiger partial charge is 0.216 e. The summed E-state index contributed by atoms with van der Waals surface area (Å²) < 4.78 is 5.52. The molecule has 0 bridgehead atoms. The van der Waals surface area contributed by atoms with Crippen LogP contribution < -0.4 is 0 Å². The first-order chi connectivity index (χ1) is 8.37. The average Bonchev–Trinajstić information content (AvgIpc) is 2.15. The molecule has 0 saturated carbocycles. The van der Waals surface area contributed by atoms with E-state index in [0.717, 1.165) is 13.1 Å². The predicted octanol–water partition coefficient (Wildman–Crippen LogP) is 0.865. The van der Waals surface area contributed by atoms with E-state index in [9.17, 15) is 5.11 Å². The Hall–Kier alpha value is -0.910. The summed E-state index contributed by atoms with van der Waals surface area (Å²) in [6.45, 7) is 7.51. The largest absolute Gasteiger partial charge is 0.356 e. The van der Waals surface area contributed by atoms with Gasteiger partial charge in [0.2, 0.25) is 6.41 Å². The van der Waals surface area contributed by atoms with Crippen LogP contribution in [0.25, 0.3) is 0 Å². The summed E-state index contributed by atoms with van der Waals surface area (Å²) in [5, 5.41) is 16.2. The Labute approximate surface area is 109 Å². The van der Waals surface area contributed by atoms with E-state index in [1.807, 2.05) is 43.8 Å². The van der Waals surface area contributed by atoms with Crippen LogP contribution in [0.1, 0.15) is 20.8 Å². The van der Waals surface area contributed by atoms with E-state index >= 15 is 0 Å². The van der Waals surface area contributed by atoms with Crippen LogP contribution in [-0.2, 0) is 4.74 Å². The zero-order valence-electron chi connectivity index (χ0n) is 11.6. The van der Waals surface area contributed by atoms with Crippen molar-refractivity contribution < 1.29 is 9.84 Å². The van der Waals surface area contributed by atoms with Crippen LogP contribution in [0.2, 0.25) is 0 Å². The second-order valence-electron chi connectivity index (χ2n) is 5.98. The zero-order valence-corrected chi connectivity index (χ0v) is 11.6. The van der Waals surface area contributed by atoms with Crippen molar-refractivity contribution in [1.29, 1.82) is 0 Å². The Morgan fingerprint density at radius 3 is 2.61 bits per heavy atom. The minimum absolute atomic E-state index is 0.323. The van der Waals surface area contributed by atoms with E-state index in [1.54, 1.807) is 6.21 Å². The van der Waals surface area contributed by atoms with Gasteiger partial charge in [0, 0.05) is 32.3 Å². The summed E-state index contributed by atoms with van der Waals surface area (Å²) >= 11 is 0. The molecular formula is C13H23N3O2. The van der Waals surface area contributed by atoms with Gasteiger partial charge in [-0.2, -0.15) is 5.10 Å². The van der Waals surface area contributed by atoms with Gasteiger partial charge in [-0.1, -0.05) is 6.08 Å². The van der Waals surface area contributed by atoms with E-state index < -0.39 is 6.41 Å².